The molecule has 1 atom stereocenters. The monoisotopic (exact) mass is 252 g/mol. The normalized spacial score (nSPS) is 18.4. The fraction of sp³-hybridized carbons (Fsp3) is 0.417. The molecule has 0 heterocycles. The summed E-state index contributed by atoms with van der Waals surface area (Å²) in [5, 5.41) is 8.68. The van der Waals surface area contributed by atoms with Gasteiger partial charge < -0.3 is 5.73 Å². The maximum atomic E-state index is 13.1. The van der Waals surface area contributed by atoms with Crippen LogP contribution in [0.5, 0.6) is 0 Å². The van der Waals surface area contributed by atoms with Gasteiger partial charge in [0.25, 0.3) is 0 Å². The van der Waals surface area contributed by atoms with Crippen molar-refractivity contribution >= 4 is 16.5 Å². The second-order valence-corrected chi connectivity index (χ2v) is 6.00. The highest BCUT2D eigenvalue weighted by molar-refractivity contribution is 7.85. The average molecular weight is 252 g/mol. The van der Waals surface area contributed by atoms with E-state index in [1.54, 1.807) is 0 Å². The van der Waals surface area contributed by atoms with Gasteiger partial charge in [0.15, 0.2) is 0 Å². The zero-order chi connectivity index (χ0) is 12.5. The van der Waals surface area contributed by atoms with Crippen LogP contribution in [0.2, 0.25) is 0 Å². The van der Waals surface area contributed by atoms with Gasteiger partial charge in [-0.1, -0.05) is 0 Å². The predicted molar refractivity (Wildman–Crippen MR) is 64.0 cm³/mol. The summed E-state index contributed by atoms with van der Waals surface area (Å²) >= 11 is 0. The molecule has 0 saturated heterocycles. The van der Waals surface area contributed by atoms with Gasteiger partial charge in [-0.25, -0.2) is 4.39 Å². The Hall–Kier alpha value is -1.41. The van der Waals surface area contributed by atoms with Crippen LogP contribution in [0, 0.1) is 22.6 Å². The molecule has 1 aromatic carbocycles. The van der Waals surface area contributed by atoms with Gasteiger partial charge in [0.1, 0.15) is 5.82 Å². The number of hydrogen-bond donors (Lipinski definition) is 1. The van der Waals surface area contributed by atoms with Gasteiger partial charge in [-0.15, -0.1) is 0 Å². The Kier molecular flexibility index (Phi) is 3.16. The highest BCUT2D eigenvalue weighted by Crippen LogP contribution is 2.49. The van der Waals surface area contributed by atoms with Crippen LogP contribution in [-0.4, -0.2) is 9.96 Å². The van der Waals surface area contributed by atoms with Crippen LogP contribution in [-0.2, 0) is 10.8 Å². The second-order valence-electron chi connectivity index (χ2n) is 4.55. The number of nitrogen functional groups attached to an aromatic ring is 1. The molecule has 90 valence electrons. The summed E-state index contributed by atoms with van der Waals surface area (Å²) in [4.78, 5) is 0.409. The molecule has 1 fully saturated rings. The standard InChI is InChI=1S/C12H13FN2OS/c13-9-5-10(15)7-11(6-9)17(16)8-12(1-2-12)3-4-14/h5-7H,1-3,8,15H2. The summed E-state index contributed by atoms with van der Waals surface area (Å²) < 4.78 is 25.2. The van der Waals surface area contributed by atoms with Crippen molar-refractivity contribution in [1.29, 1.82) is 5.26 Å². The van der Waals surface area contributed by atoms with Crippen molar-refractivity contribution in [3.63, 3.8) is 0 Å². The molecule has 0 bridgehead atoms. The second kappa shape index (κ2) is 4.46. The minimum atomic E-state index is -1.28. The Morgan fingerprint density at radius 3 is 2.71 bits per heavy atom. The molecule has 2 N–H and O–H groups in total. The van der Waals surface area contributed by atoms with Gasteiger partial charge in [0, 0.05) is 22.8 Å². The molecule has 0 radical (unpaired) electrons. The first kappa shape index (κ1) is 12.1. The van der Waals surface area contributed by atoms with E-state index in [0.717, 1.165) is 12.8 Å². The Labute approximate surface area is 102 Å². The Morgan fingerprint density at radius 2 is 2.18 bits per heavy atom. The highest BCUT2D eigenvalue weighted by atomic mass is 32.2. The Bertz CT molecular complexity index is 485. The first-order valence-corrected chi connectivity index (χ1v) is 6.68. The molecule has 0 aromatic heterocycles. The van der Waals surface area contributed by atoms with Gasteiger partial charge in [0.2, 0.25) is 0 Å². The third-order valence-corrected chi connectivity index (χ3v) is 4.64. The minimum Gasteiger partial charge on any atom is -0.399 e. The van der Waals surface area contributed by atoms with Gasteiger partial charge in [-0.05, 0) is 36.5 Å². The van der Waals surface area contributed by atoms with Crippen molar-refractivity contribution in [3.8, 4) is 6.07 Å². The molecule has 0 amide bonds. The SMILES string of the molecule is N#CCC1(CS(=O)c2cc(N)cc(F)c2)CC1. The third-order valence-electron chi connectivity index (χ3n) is 3.00. The predicted octanol–water partition coefficient (Wildman–Crippen LogP) is 2.21. The van der Waals surface area contributed by atoms with Crippen molar-refractivity contribution in [1.82, 2.24) is 0 Å². The van der Waals surface area contributed by atoms with E-state index < -0.39 is 16.6 Å². The fourth-order valence-corrected chi connectivity index (χ4v) is 3.42. The lowest BCUT2D eigenvalue weighted by atomic mass is 10.1. The van der Waals surface area contributed by atoms with E-state index in [9.17, 15) is 8.60 Å². The van der Waals surface area contributed by atoms with Crippen molar-refractivity contribution in [2.75, 3.05) is 11.5 Å². The molecule has 1 unspecified atom stereocenters. The maximum Gasteiger partial charge on any atom is 0.126 e. The van der Waals surface area contributed by atoms with E-state index in [-0.39, 0.29) is 11.1 Å². The molecule has 1 aliphatic carbocycles. The smallest absolute Gasteiger partial charge is 0.126 e. The Morgan fingerprint density at radius 1 is 1.47 bits per heavy atom. The van der Waals surface area contributed by atoms with E-state index in [2.05, 4.69) is 6.07 Å². The van der Waals surface area contributed by atoms with Crippen LogP contribution in [0.25, 0.3) is 0 Å². The molecule has 3 nitrogen and oxygen atoms in total. The summed E-state index contributed by atoms with van der Waals surface area (Å²) in [6, 6.07) is 6.09. The molecule has 1 aliphatic rings. The van der Waals surface area contributed by atoms with E-state index in [1.807, 2.05) is 0 Å². The van der Waals surface area contributed by atoms with Crippen LogP contribution in [0.1, 0.15) is 19.3 Å². The van der Waals surface area contributed by atoms with Crippen LogP contribution in [0.3, 0.4) is 0 Å². The van der Waals surface area contributed by atoms with Gasteiger partial charge in [0.05, 0.1) is 16.9 Å². The molecular weight excluding hydrogens is 239 g/mol. The topological polar surface area (TPSA) is 66.9 Å². The summed E-state index contributed by atoms with van der Waals surface area (Å²) in [6.07, 6.45) is 2.28. The number of nitrogens with zero attached hydrogens (tertiary/aromatic N) is 1. The Balaban J connectivity index is 2.13. The maximum absolute atomic E-state index is 13.1. The number of halogens is 1. The molecule has 2 rings (SSSR count). The first-order valence-electron chi connectivity index (χ1n) is 5.36. The third kappa shape index (κ3) is 2.83. The average Bonchev–Trinajstić information content (AvgIpc) is 2.97. The van der Waals surface area contributed by atoms with Crippen LogP contribution >= 0.6 is 0 Å². The number of hydrogen-bond acceptors (Lipinski definition) is 3. The summed E-state index contributed by atoms with van der Waals surface area (Å²) in [5.74, 6) is -0.0535. The lowest BCUT2D eigenvalue weighted by molar-refractivity contribution is 0.586. The zero-order valence-electron chi connectivity index (χ0n) is 9.28. The van der Waals surface area contributed by atoms with Gasteiger partial charge >= 0.3 is 0 Å². The summed E-state index contributed by atoms with van der Waals surface area (Å²) in [6.45, 7) is 0. The number of nitriles is 1. The number of anilines is 1. The minimum absolute atomic E-state index is 0.110. The molecule has 5 heteroatoms. The van der Waals surface area contributed by atoms with E-state index in [1.165, 1.54) is 18.2 Å². The largest absolute Gasteiger partial charge is 0.399 e. The highest BCUT2D eigenvalue weighted by Gasteiger charge is 2.43. The van der Waals surface area contributed by atoms with Crippen LogP contribution < -0.4 is 5.73 Å². The molecule has 0 aliphatic heterocycles. The van der Waals surface area contributed by atoms with Gasteiger partial charge in [-0.3, -0.25) is 4.21 Å². The van der Waals surface area contributed by atoms with E-state index in [0.29, 0.717) is 17.1 Å². The lowest BCUT2D eigenvalue weighted by Gasteiger charge is -2.10. The number of nitrogens with two attached hydrogens (primary N) is 1. The summed E-state index contributed by atoms with van der Waals surface area (Å²) in [7, 11) is -1.28. The lowest BCUT2D eigenvalue weighted by Crippen LogP contribution is -2.12. The van der Waals surface area contributed by atoms with E-state index >= 15 is 0 Å². The summed E-state index contributed by atoms with van der Waals surface area (Å²) in [5.41, 5.74) is 5.67. The van der Waals surface area contributed by atoms with Crippen molar-refractivity contribution in [3.05, 3.63) is 24.0 Å². The van der Waals surface area contributed by atoms with Crippen LogP contribution in [0.15, 0.2) is 23.1 Å². The fourth-order valence-electron chi connectivity index (χ4n) is 1.79. The molecule has 17 heavy (non-hydrogen) atoms. The number of rotatable bonds is 4. The van der Waals surface area contributed by atoms with Crippen molar-refractivity contribution in [2.24, 2.45) is 5.41 Å². The van der Waals surface area contributed by atoms with Crippen molar-refractivity contribution in [2.45, 2.75) is 24.2 Å². The van der Waals surface area contributed by atoms with E-state index in [4.69, 9.17) is 11.0 Å². The van der Waals surface area contributed by atoms with Crippen molar-refractivity contribution < 1.29 is 8.60 Å². The van der Waals surface area contributed by atoms with Gasteiger partial charge in [-0.2, -0.15) is 5.26 Å². The number of benzene rings is 1. The molecular formula is C12H13FN2OS. The molecule has 1 saturated carbocycles. The first-order chi connectivity index (χ1) is 8.04. The van der Waals surface area contributed by atoms with Crippen LogP contribution in [0.4, 0.5) is 10.1 Å². The zero-order valence-corrected chi connectivity index (χ0v) is 10.1. The quantitative estimate of drug-likeness (QED) is 0.835. The molecule has 0 spiro atoms. The molecule has 1 aromatic rings.